The van der Waals surface area contributed by atoms with Crippen LogP contribution in [-0.2, 0) is 4.79 Å². The molecule has 1 fully saturated rings. The number of nitrogens with zero attached hydrogens (tertiary/aromatic N) is 2. The highest BCUT2D eigenvalue weighted by molar-refractivity contribution is 7.99. The topological polar surface area (TPSA) is 59.0 Å². The summed E-state index contributed by atoms with van der Waals surface area (Å²) in [6, 6.07) is 10.2. The summed E-state index contributed by atoms with van der Waals surface area (Å²) in [4.78, 5) is 12.3. The number of aromatic nitrogens is 2. The number of hydrogen-bond acceptors (Lipinski definition) is 4. The van der Waals surface area contributed by atoms with E-state index in [4.69, 9.17) is 0 Å². The lowest BCUT2D eigenvalue weighted by Gasteiger charge is -2.24. The molecule has 2 N–H and O–H groups in total. The molecule has 2 heterocycles. The Hall–Kier alpha value is -1.79. The molecule has 2 aromatic rings. The minimum absolute atomic E-state index is 0.0563. The first kappa shape index (κ1) is 16.1. The van der Waals surface area contributed by atoms with Crippen LogP contribution in [0.2, 0.25) is 0 Å². The van der Waals surface area contributed by atoms with Gasteiger partial charge in [-0.1, -0.05) is 18.2 Å². The quantitative estimate of drug-likeness (QED) is 0.882. The zero-order valence-corrected chi connectivity index (χ0v) is 14.1. The highest BCUT2D eigenvalue weighted by Crippen LogP contribution is 2.21. The second-order valence-electron chi connectivity index (χ2n) is 5.73. The van der Waals surface area contributed by atoms with Crippen molar-refractivity contribution < 1.29 is 4.79 Å². The molecule has 1 aromatic carbocycles. The van der Waals surface area contributed by atoms with Gasteiger partial charge in [0.05, 0.1) is 11.7 Å². The Labute approximate surface area is 140 Å². The molecule has 0 spiro atoms. The predicted molar refractivity (Wildman–Crippen MR) is 93.9 cm³/mol. The van der Waals surface area contributed by atoms with Gasteiger partial charge < -0.3 is 10.6 Å². The maximum atomic E-state index is 12.3. The van der Waals surface area contributed by atoms with E-state index < -0.39 is 0 Å². The molecular weight excluding hydrogens is 308 g/mol. The van der Waals surface area contributed by atoms with E-state index >= 15 is 0 Å². The summed E-state index contributed by atoms with van der Waals surface area (Å²) < 4.78 is 1.83. The molecule has 1 amide bonds. The monoisotopic (exact) mass is 330 g/mol. The number of benzene rings is 1. The molecular formula is C17H22N4OS. The van der Waals surface area contributed by atoms with E-state index in [2.05, 4.69) is 15.7 Å². The summed E-state index contributed by atoms with van der Waals surface area (Å²) in [5, 5.41) is 10.8. The van der Waals surface area contributed by atoms with Gasteiger partial charge in [-0.15, -0.1) is 0 Å². The first-order valence-corrected chi connectivity index (χ1v) is 9.09. The standard InChI is InChI=1S/C17H22N4OS/c1-13(20-17(22)11-14-12-23-10-8-18-14)15-5-2-3-6-16(15)21-9-4-7-19-21/h2-7,9,13-14,18H,8,10-12H2,1H3,(H,20,22). The van der Waals surface area contributed by atoms with E-state index in [0.29, 0.717) is 6.42 Å². The van der Waals surface area contributed by atoms with E-state index in [1.807, 2.05) is 59.9 Å². The van der Waals surface area contributed by atoms with Crippen molar-refractivity contribution in [3.8, 4) is 5.69 Å². The molecule has 0 aliphatic carbocycles. The smallest absolute Gasteiger partial charge is 0.222 e. The van der Waals surface area contributed by atoms with Crippen LogP contribution < -0.4 is 10.6 Å². The number of rotatable bonds is 5. The molecule has 2 atom stereocenters. The van der Waals surface area contributed by atoms with Gasteiger partial charge in [0.15, 0.2) is 0 Å². The Morgan fingerprint density at radius 3 is 3.09 bits per heavy atom. The van der Waals surface area contributed by atoms with Crippen molar-refractivity contribution in [2.75, 3.05) is 18.1 Å². The molecule has 1 aliphatic heterocycles. The number of thioether (sulfide) groups is 1. The third-order valence-electron chi connectivity index (χ3n) is 3.96. The van der Waals surface area contributed by atoms with Gasteiger partial charge in [0.1, 0.15) is 0 Å². The molecule has 122 valence electrons. The third-order valence-corrected chi connectivity index (χ3v) is 5.09. The number of para-hydroxylation sites is 1. The number of carbonyl (C=O) groups is 1. The van der Waals surface area contributed by atoms with Crippen LogP contribution in [-0.4, -0.2) is 39.8 Å². The zero-order chi connectivity index (χ0) is 16.1. The van der Waals surface area contributed by atoms with Crippen molar-refractivity contribution in [1.82, 2.24) is 20.4 Å². The number of amides is 1. The van der Waals surface area contributed by atoms with Crippen molar-refractivity contribution >= 4 is 17.7 Å². The van der Waals surface area contributed by atoms with Crippen LogP contribution >= 0.6 is 11.8 Å². The number of carbonyl (C=O) groups excluding carboxylic acids is 1. The van der Waals surface area contributed by atoms with Crippen LogP contribution in [0.1, 0.15) is 24.9 Å². The molecule has 0 bridgehead atoms. The van der Waals surface area contributed by atoms with Gasteiger partial charge in [-0.2, -0.15) is 16.9 Å². The fraction of sp³-hybridized carbons (Fsp3) is 0.412. The molecule has 6 heteroatoms. The number of hydrogen-bond donors (Lipinski definition) is 2. The lowest BCUT2D eigenvalue weighted by molar-refractivity contribution is -0.122. The largest absolute Gasteiger partial charge is 0.349 e. The van der Waals surface area contributed by atoms with Gasteiger partial charge in [-0.25, -0.2) is 4.68 Å². The van der Waals surface area contributed by atoms with E-state index in [9.17, 15) is 4.79 Å². The minimum Gasteiger partial charge on any atom is -0.349 e. The first-order valence-electron chi connectivity index (χ1n) is 7.93. The van der Waals surface area contributed by atoms with Gasteiger partial charge in [-0.3, -0.25) is 4.79 Å². The Bertz CT molecular complexity index is 638. The molecule has 3 rings (SSSR count). The fourth-order valence-corrected chi connectivity index (χ4v) is 3.78. The molecule has 23 heavy (non-hydrogen) atoms. The maximum absolute atomic E-state index is 12.3. The van der Waals surface area contributed by atoms with E-state index in [-0.39, 0.29) is 18.0 Å². The normalized spacial score (nSPS) is 19.3. The SMILES string of the molecule is CC(NC(=O)CC1CSCCN1)c1ccccc1-n1cccn1. The van der Waals surface area contributed by atoms with Crippen molar-refractivity contribution in [3.05, 3.63) is 48.3 Å². The average molecular weight is 330 g/mol. The van der Waals surface area contributed by atoms with Crippen molar-refractivity contribution in [2.24, 2.45) is 0 Å². The second kappa shape index (κ2) is 7.66. The van der Waals surface area contributed by atoms with Gasteiger partial charge in [0.2, 0.25) is 5.91 Å². The number of nitrogens with one attached hydrogen (secondary N) is 2. The molecule has 1 aliphatic rings. The predicted octanol–water partition coefficient (Wildman–Crippen LogP) is 2.14. The van der Waals surface area contributed by atoms with Crippen LogP contribution in [0.3, 0.4) is 0 Å². The average Bonchev–Trinajstić information content (AvgIpc) is 3.10. The lowest BCUT2D eigenvalue weighted by atomic mass is 10.1. The Kier molecular flexibility index (Phi) is 5.35. The summed E-state index contributed by atoms with van der Waals surface area (Å²) >= 11 is 1.91. The van der Waals surface area contributed by atoms with Crippen molar-refractivity contribution in [2.45, 2.75) is 25.4 Å². The van der Waals surface area contributed by atoms with Crippen LogP contribution in [0.15, 0.2) is 42.7 Å². The third kappa shape index (κ3) is 4.14. The fourth-order valence-electron chi connectivity index (χ4n) is 2.83. The van der Waals surface area contributed by atoms with Crippen molar-refractivity contribution in [3.63, 3.8) is 0 Å². The minimum atomic E-state index is -0.0563. The zero-order valence-electron chi connectivity index (χ0n) is 13.2. The summed E-state index contributed by atoms with van der Waals surface area (Å²) in [6.07, 6.45) is 4.20. The van der Waals surface area contributed by atoms with Crippen LogP contribution in [0.25, 0.3) is 5.69 Å². The highest BCUT2D eigenvalue weighted by atomic mass is 32.2. The molecule has 0 saturated carbocycles. The van der Waals surface area contributed by atoms with Gasteiger partial charge >= 0.3 is 0 Å². The molecule has 2 unspecified atom stereocenters. The summed E-state index contributed by atoms with van der Waals surface area (Å²) in [6.45, 7) is 3.00. The van der Waals surface area contributed by atoms with Gasteiger partial charge in [0.25, 0.3) is 0 Å². The van der Waals surface area contributed by atoms with Crippen LogP contribution in [0.4, 0.5) is 0 Å². The van der Waals surface area contributed by atoms with E-state index in [1.165, 1.54) is 0 Å². The van der Waals surface area contributed by atoms with Crippen LogP contribution in [0.5, 0.6) is 0 Å². The molecule has 1 aromatic heterocycles. The maximum Gasteiger partial charge on any atom is 0.222 e. The second-order valence-corrected chi connectivity index (χ2v) is 6.88. The van der Waals surface area contributed by atoms with Gasteiger partial charge in [0, 0.05) is 42.9 Å². The van der Waals surface area contributed by atoms with Crippen molar-refractivity contribution in [1.29, 1.82) is 0 Å². The van der Waals surface area contributed by atoms with E-state index in [0.717, 1.165) is 29.3 Å². The molecule has 5 nitrogen and oxygen atoms in total. The van der Waals surface area contributed by atoms with Gasteiger partial charge in [-0.05, 0) is 24.6 Å². The lowest BCUT2D eigenvalue weighted by Crippen LogP contribution is -2.41. The summed E-state index contributed by atoms with van der Waals surface area (Å²) in [7, 11) is 0. The Morgan fingerprint density at radius 2 is 2.35 bits per heavy atom. The van der Waals surface area contributed by atoms with Crippen LogP contribution in [0, 0.1) is 0 Å². The molecule has 1 saturated heterocycles. The summed E-state index contributed by atoms with van der Waals surface area (Å²) in [5.74, 6) is 2.23. The Balaban J connectivity index is 1.66. The Morgan fingerprint density at radius 1 is 1.48 bits per heavy atom. The first-order chi connectivity index (χ1) is 11.2. The highest BCUT2D eigenvalue weighted by Gasteiger charge is 2.19. The summed E-state index contributed by atoms with van der Waals surface area (Å²) in [5.41, 5.74) is 2.06. The van der Waals surface area contributed by atoms with E-state index in [1.54, 1.807) is 6.20 Å². The molecule has 0 radical (unpaired) electrons.